The first-order chi connectivity index (χ1) is 8.97. The summed E-state index contributed by atoms with van der Waals surface area (Å²) >= 11 is 0. The second kappa shape index (κ2) is 6.98. The van der Waals surface area contributed by atoms with Crippen molar-refractivity contribution in [1.82, 2.24) is 0 Å². The highest BCUT2D eigenvalue weighted by molar-refractivity contribution is 6.01. The van der Waals surface area contributed by atoms with E-state index in [1.807, 2.05) is 27.7 Å². The molecule has 0 saturated heterocycles. The van der Waals surface area contributed by atoms with Crippen LogP contribution in [0.2, 0.25) is 0 Å². The Kier molecular flexibility index (Phi) is 5.88. The molecule has 0 N–H and O–H groups in total. The van der Waals surface area contributed by atoms with E-state index in [0.717, 1.165) is 30.2 Å². The van der Waals surface area contributed by atoms with E-state index in [-0.39, 0.29) is 24.6 Å². The zero-order valence-corrected chi connectivity index (χ0v) is 13.7. The van der Waals surface area contributed by atoms with Crippen LogP contribution in [-0.2, 0) is 6.42 Å². The van der Waals surface area contributed by atoms with Gasteiger partial charge in [0.2, 0.25) is 0 Å². The van der Waals surface area contributed by atoms with Crippen LogP contribution in [0.4, 0.5) is 0 Å². The fourth-order valence-corrected chi connectivity index (χ4v) is 2.27. The lowest BCUT2D eigenvalue weighted by Gasteiger charge is -2.22. The Bertz CT molecular complexity index is 495. The molecule has 20 heavy (non-hydrogen) atoms. The number of ether oxygens (including phenoxy) is 2. The quantitative estimate of drug-likeness (QED) is 0.839. The number of fused-ring (bicyclic) bond motifs is 1. The Balaban J connectivity index is 0.00000200. The minimum absolute atomic E-state index is 0. The molecule has 0 fully saturated rings. The first kappa shape index (κ1) is 16.8. The second-order valence-corrected chi connectivity index (χ2v) is 5.51. The molecule has 1 aliphatic rings. The lowest BCUT2D eigenvalue weighted by molar-refractivity contribution is 0.198. The van der Waals surface area contributed by atoms with Gasteiger partial charge < -0.3 is 9.47 Å². The monoisotopic (exact) mass is 297 g/mol. The summed E-state index contributed by atoms with van der Waals surface area (Å²) in [5.41, 5.74) is 3.59. The second-order valence-electron chi connectivity index (χ2n) is 5.51. The van der Waals surface area contributed by atoms with Crippen LogP contribution in [0.3, 0.4) is 0 Å². The molecule has 2 rings (SSSR count). The molecule has 0 spiro atoms. The van der Waals surface area contributed by atoms with Crippen molar-refractivity contribution >= 4 is 18.1 Å². The predicted octanol–water partition coefficient (Wildman–Crippen LogP) is 4.05. The molecule has 1 aromatic rings. The number of benzene rings is 1. The standard InChI is InChI=1S/C16H23NO2.ClH/c1-10(2)18-15-8-13-6-7-17-12(5)14(13)9-16(15)19-11(3)4;/h8-11H,6-7H2,1-5H3;1H. The van der Waals surface area contributed by atoms with Gasteiger partial charge >= 0.3 is 0 Å². The molecule has 0 radical (unpaired) electrons. The van der Waals surface area contributed by atoms with E-state index < -0.39 is 0 Å². The molecule has 0 unspecified atom stereocenters. The third-order valence-electron chi connectivity index (χ3n) is 3.01. The van der Waals surface area contributed by atoms with Gasteiger partial charge in [0.1, 0.15) is 0 Å². The fourth-order valence-electron chi connectivity index (χ4n) is 2.27. The topological polar surface area (TPSA) is 30.8 Å². The van der Waals surface area contributed by atoms with Crippen molar-refractivity contribution in [1.29, 1.82) is 0 Å². The minimum Gasteiger partial charge on any atom is -0.487 e. The van der Waals surface area contributed by atoms with E-state index >= 15 is 0 Å². The molecule has 4 heteroatoms. The van der Waals surface area contributed by atoms with Gasteiger partial charge in [0.25, 0.3) is 0 Å². The van der Waals surface area contributed by atoms with E-state index in [1.165, 1.54) is 11.1 Å². The van der Waals surface area contributed by atoms with Crippen LogP contribution < -0.4 is 9.47 Å². The Morgan fingerprint density at radius 1 is 1.00 bits per heavy atom. The van der Waals surface area contributed by atoms with Crippen molar-refractivity contribution in [3.63, 3.8) is 0 Å². The van der Waals surface area contributed by atoms with Gasteiger partial charge in [-0.3, -0.25) is 4.99 Å². The van der Waals surface area contributed by atoms with Crippen molar-refractivity contribution in [2.75, 3.05) is 6.54 Å². The molecule has 112 valence electrons. The maximum atomic E-state index is 5.88. The molecule has 0 saturated carbocycles. The van der Waals surface area contributed by atoms with Crippen LogP contribution in [0.25, 0.3) is 0 Å². The molecule has 0 bridgehead atoms. The largest absolute Gasteiger partial charge is 0.487 e. The lowest BCUT2D eigenvalue weighted by atomic mass is 9.97. The molecule has 3 nitrogen and oxygen atoms in total. The average Bonchev–Trinajstić information content (AvgIpc) is 2.29. The van der Waals surface area contributed by atoms with E-state index in [1.54, 1.807) is 0 Å². The van der Waals surface area contributed by atoms with Gasteiger partial charge in [-0.15, -0.1) is 12.4 Å². The van der Waals surface area contributed by atoms with Crippen LogP contribution >= 0.6 is 12.4 Å². The number of nitrogens with zero attached hydrogens (tertiary/aromatic N) is 1. The molecule has 0 atom stereocenters. The smallest absolute Gasteiger partial charge is 0.162 e. The van der Waals surface area contributed by atoms with Gasteiger partial charge in [0.05, 0.1) is 12.2 Å². The van der Waals surface area contributed by atoms with E-state index in [2.05, 4.69) is 24.0 Å². The summed E-state index contributed by atoms with van der Waals surface area (Å²) in [6.45, 7) is 11.0. The van der Waals surface area contributed by atoms with Crippen molar-refractivity contribution in [3.8, 4) is 11.5 Å². The van der Waals surface area contributed by atoms with Gasteiger partial charge in [-0.25, -0.2) is 0 Å². The first-order valence-corrected chi connectivity index (χ1v) is 6.99. The molecular formula is C16H24ClNO2. The first-order valence-electron chi connectivity index (χ1n) is 6.99. The molecule has 0 amide bonds. The van der Waals surface area contributed by atoms with Crippen molar-refractivity contribution < 1.29 is 9.47 Å². The van der Waals surface area contributed by atoms with Crippen LogP contribution in [0.5, 0.6) is 11.5 Å². The Morgan fingerprint density at radius 3 is 2.10 bits per heavy atom. The summed E-state index contributed by atoms with van der Waals surface area (Å²) in [4.78, 5) is 4.50. The van der Waals surface area contributed by atoms with Crippen molar-refractivity contribution in [3.05, 3.63) is 23.3 Å². The van der Waals surface area contributed by atoms with Crippen LogP contribution in [0.15, 0.2) is 17.1 Å². The molecule has 1 heterocycles. The number of hydrogen-bond donors (Lipinski definition) is 0. The maximum Gasteiger partial charge on any atom is 0.162 e. The third kappa shape index (κ3) is 3.89. The number of rotatable bonds is 4. The highest BCUT2D eigenvalue weighted by Gasteiger charge is 2.17. The highest BCUT2D eigenvalue weighted by Crippen LogP contribution is 2.34. The van der Waals surface area contributed by atoms with Gasteiger partial charge in [-0.2, -0.15) is 0 Å². The van der Waals surface area contributed by atoms with Gasteiger partial charge in [0, 0.05) is 17.8 Å². The summed E-state index contributed by atoms with van der Waals surface area (Å²) in [7, 11) is 0. The summed E-state index contributed by atoms with van der Waals surface area (Å²) in [5, 5.41) is 0. The van der Waals surface area contributed by atoms with Crippen LogP contribution in [0, 0.1) is 0 Å². The molecular weight excluding hydrogens is 274 g/mol. The zero-order valence-electron chi connectivity index (χ0n) is 12.9. The fraction of sp³-hybridized carbons (Fsp3) is 0.562. The SMILES string of the molecule is CC1=NCCc2cc(OC(C)C)c(OC(C)C)cc21.Cl. The molecule has 1 aliphatic heterocycles. The normalized spacial score (nSPS) is 13.7. The Hall–Kier alpha value is -1.22. The number of hydrogen-bond acceptors (Lipinski definition) is 3. The van der Waals surface area contributed by atoms with Gasteiger partial charge in [-0.1, -0.05) is 0 Å². The maximum absolute atomic E-state index is 5.88. The van der Waals surface area contributed by atoms with Gasteiger partial charge in [0.15, 0.2) is 11.5 Å². The van der Waals surface area contributed by atoms with Crippen LogP contribution in [-0.4, -0.2) is 24.5 Å². The van der Waals surface area contributed by atoms with Crippen molar-refractivity contribution in [2.45, 2.75) is 53.2 Å². The third-order valence-corrected chi connectivity index (χ3v) is 3.01. The molecule has 1 aromatic carbocycles. The average molecular weight is 298 g/mol. The number of halogens is 1. The predicted molar refractivity (Wildman–Crippen MR) is 86.0 cm³/mol. The Labute approximate surface area is 127 Å². The summed E-state index contributed by atoms with van der Waals surface area (Å²) < 4.78 is 11.8. The van der Waals surface area contributed by atoms with E-state index in [9.17, 15) is 0 Å². The van der Waals surface area contributed by atoms with Crippen molar-refractivity contribution in [2.24, 2.45) is 4.99 Å². The summed E-state index contributed by atoms with van der Waals surface area (Å²) in [6.07, 6.45) is 1.25. The summed E-state index contributed by atoms with van der Waals surface area (Å²) in [5.74, 6) is 1.66. The van der Waals surface area contributed by atoms with E-state index in [4.69, 9.17) is 9.47 Å². The Morgan fingerprint density at radius 2 is 1.55 bits per heavy atom. The van der Waals surface area contributed by atoms with E-state index in [0.29, 0.717) is 0 Å². The minimum atomic E-state index is 0. The van der Waals surface area contributed by atoms with Gasteiger partial charge in [-0.05, 0) is 58.7 Å². The molecule has 0 aliphatic carbocycles. The highest BCUT2D eigenvalue weighted by atomic mass is 35.5. The number of aliphatic imine (C=N–C) groups is 1. The lowest BCUT2D eigenvalue weighted by Crippen LogP contribution is -2.15. The summed E-state index contributed by atoms with van der Waals surface area (Å²) in [6, 6.07) is 4.19. The van der Waals surface area contributed by atoms with Crippen LogP contribution in [0.1, 0.15) is 45.7 Å². The molecule has 0 aromatic heterocycles. The zero-order chi connectivity index (χ0) is 14.0.